The summed E-state index contributed by atoms with van der Waals surface area (Å²) in [5.41, 5.74) is 0.582. The number of ether oxygens (including phenoxy) is 2. The van der Waals surface area contributed by atoms with Gasteiger partial charge in [0.15, 0.2) is 0 Å². The molecule has 32 heavy (non-hydrogen) atoms. The van der Waals surface area contributed by atoms with Crippen LogP contribution in [0.3, 0.4) is 0 Å². The van der Waals surface area contributed by atoms with Gasteiger partial charge in [0.25, 0.3) is 5.91 Å². The standard InChI is InChI=1S/C19H23N3O3.C2HF3O2/c1-21-9-3-5-17(21)18(23)22-10-6-19(7-11-22)12-16(14-24-19)25-15-4-2-8-20-13-15;3-2(4,5)1(6)7/h2-5,8-9,13,16H,6-7,10-12,14H2,1H3;(H,6,7). The van der Waals surface area contributed by atoms with Crippen LogP contribution in [0, 0.1) is 0 Å². The van der Waals surface area contributed by atoms with E-state index in [2.05, 4.69) is 4.98 Å². The molecule has 1 atom stereocenters. The Morgan fingerprint density at radius 3 is 2.47 bits per heavy atom. The van der Waals surface area contributed by atoms with Gasteiger partial charge in [0, 0.05) is 39.0 Å². The van der Waals surface area contributed by atoms with Gasteiger partial charge in [-0.15, -0.1) is 0 Å². The maximum absolute atomic E-state index is 12.6. The zero-order chi connectivity index (χ0) is 23.4. The van der Waals surface area contributed by atoms with Crippen LogP contribution in [0.1, 0.15) is 29.8 Å². The molecule has 2 saturated heterocycles. The maximum atomic E-state index is 12.6. The number of amides is 1. The van der Waals surface area contributed by atoms with Crippen LogP contribution < -0.4 is 4.74 Å². The molecule has 1 spiro atoms. The summed E-state index contributed by atoms with van der Waals surface area (Å²) in [6, 6.07) is 7.56. The second-order valence-corrected chi connectivity index (χ2v) is 7.73. The number of aromatic nitrogens is 2. The summed E-state index contributed by atoms with van der Waals surface area (Å²) in [5, 5.41) is 7.12. The lowest BCUT2D eigenvalue weighted by Crippen LogP contribution is -2.47. The molecule has 174 valence electrons. The third kappa shape index (κ3) is 5.78. The number of halogens is 3. The Balaban J connectivity index is 0.000000360. The number of aliphatic carboxylic acids is 1. The molecule has 1 N–H and O–H groups in total. The van der Waals surface area contributed by atoms with Crippen molar-refractivity contribution in [2.45, 2.75) is 37.1 Å². The highest BCUT2D eigenvalue weighted by atomic mass is 19.4. The molecule has 2 aliphatic rings. The predicted octanol–water partition coefficient (Wildman–Crippen LogP) is 2.90. The lowest BCUT2D eigenvalue weighted by Gasteiger charge is -2.38. The lowest BCUT2D eigenvalue weighted by molar-refractivity contribution is -0.192. The van der Waals surface area contributed by atoms with Crippen LogP contribution in [0.15, 0.2) is 42.9 Å². The van der Waals surface area contributed by atoms with E-state index < -0.39 is 12.1 Å². The Kier molecular flexibility index (Phi) is 7.07. The molecule has 2 aliphatic heterocycles. The first-order valence-electron chi connectivity index (χ1n) is 10.0. The van der Waals surface area contributed by atoms with Gasteiger partial charge in [-0.3, -0.25) is 9.78 Å². The number of alkyl halides is 3. The fourth-order valence-electron chi connectivity index (χ4n) is 3.80. The van der Waals surface area contributed by atoms with Gasteiger partial charge < -0.3 is 24.0 Å². The average molecular weight is 455 g/mol. The maximum Gasteiger partial charge on any atom is 0.490 e. The third-order valence-corrected chi connectivity index (χ3v) is 5.48. The van der Waals surface area contributed by atoms with E-state index in [1.54, 1.807) is 12.4 Å². The van der Waals surface area contributed by atoms with Crippen LogP contribution in [0.25, 0.3) is 0 Å². The van der Waals surface area contributed by atoms with Crippen LogP contribution in [-0.4, -0.2) is 69.0 Å². The number of likely N-dealkylation sites (tertiary alicyclic amines) is 1. The summed E-state index contributed by atoms with van der Waals surface area (Å²) < 4.78 is 45.7. The molecule has 1 unspecified atom stereocenters. The van der Waals surface area contributed by atoms with Crippen LogP contribution in [-0.2, 0) is 16.6 Å². The molecule has 0 aliphatic carbocycles. The molecule has 8 nitrogen and oxygen atoms in total. The Morgan fingerprint density at radius 2 is 1.94 bits per heavy atom. The van der Waals surface area contributed by atoms with Gasteiger partial charge in [-0.25, -0.2) is 4.79 Å². The van der Waals surface area contributed by atoms with Crippen molar-refractivity contribution in [1.82, 2.24) is 14.5 Å². The third-order valence-electron chi connectivity index (χ3n) is 5.48. The number of aryl methyl sites for hydroxylation is 1. The number of carbonyl (C=O) groups is 2. The van der Waals surface area contributed by atoms with E-state index in [9.17, 15) is 18.0 Å². The molecule has 2 aromatic heterocycles. The molecule has 1 amide bonds. The van der Waals surface area contributed by atoms with Crippen molar-refractivity contribution in [2.75, 3.05) is 19.7 Å². The number of hydrogen-bond acceptors (Lipinski definition) is 5. The first-order chi connectivity index (χ1) is 15.1. The van der Waals surface area contributed by atoms with Gasteiger partial charge in [-0.05, 0) is 37.1 Å². The van der Waals surface area contributed by atoms with E-state index in [0.29, 0.717) is 6.61 Å². The number of pyridine rings is 1. The predicted molar refractivity (Wildman–Crippen MR) is 106 cm³/mol. The minimum absolute atomic E-state index is 0.0549. The summed E-state index contributed by atoms with van der Waals surface area (Å²) in [7, 11) is 1.90. The molecule has 0 bridgehead atoms. The van der Waals surface area contributed by atoms with E-state index in [1.165, 1.54) is 0 Å². The molecule has 4 rings (SSSR count). The number of carboxylic acids is 1. The van der Waals surface area contributed by atoms with Crippen molar-refractivity contribution in [3.8, 4) is 5.75 Å². The molecule has 0 radical (unpaired) electrons. The smallest absolute Gasteiger partial charge is 0.486 e. The quantitative estimate of drug-likeness (QED) is 0.765. The van der Waals surface area contributed by atoms with Gasteiger partial charge in [0.2, 0.25) is 0 Å². The number of carbonyl (C=O) groups excluding carboxylic acids is 1. The molecule has 0 saturated carbocycles. The SMILES string of the molecule is Cn1cccc1C(=O)N1CCC2(CC1)CC(Oc1cccnc1)CO2.O=C(O)C(F)(F)F. The van der Waals surface area contributed by atoms with Crippen LogP contribution in [0.4, 0.5) is 13.2 Å². The minimum atomic E-state index is -5.08. The Morgan fingerprint density at radius 1 is 1.25 bits per heavy atom. The van der Waals surface area contributed by atoms with E-state index in [-0.39, 0.29) is 17.6 Å². The molecular formula is C21H24F3N3O5. The highest BCUT2D eigenvalue weighted by molar-refractivity contribution is 5.92. The van der Waals surface area contributed by atoms with Gasteiger partial charge in [-0.2, -0.15) is 13.2 Å². The molecule has 2 fully saturated rings. The number of hydrogen-bond donors (Lipinski definition) is 1. The van der Waals surface area contributed by atoms with Crippen molar-refractivity contribution in [3.05, 3.63) is 48.5 Å². The van der Waals surface area contributed by atoms with Crippen molar-refractivity contribution in [1.29, 1.82) is 0 Å². The van der Waals surface area contributed by atoms with Crippen LogP contribution >= 0.6 is 0 Å². The molecule has 2 aromatic rings. The lowest BCUT2D eigenvalue weighted by atomic mass is 9.88. The fourth-order valence-corrected chi connectivity index (χ4v) is 3.80. The highest BCUT2D eigenvalue weighted by Crippen LogP contribution is 2.37. The first kappa shape index (κ1) is 23.6. The van der Waals surface area contributed by atoms with Crippen LogP contribution in [0.5, 0.6) is 5.75 Å². The van der Waals surface area contributed by atoms with E-state index >= 15 is 0 Å². The average Bonchev–Trinajstić information content (AvgIpc) is 3.35. The molecule has 0 aromatic carbocycles. The van der Waals surface area contributed by atoms with E-state index in [4.69, 9.17) is 19.4 Å². The molecule has 11 heteroatoms. The van der Waals surface area contributed by atoms with Gasteiger partial charge in [-0.1, -0.05) is 0 Å². The number of carboxylic acid groups (broad SMARTS) is 1. The number of rotatable bonds is 3. The zero-order valence-electron chi connectivity index (χ0n) is 17.4. The second kappa shape index (κ2) is 9.60. The summed E-state index contributed by atoms with van der Waals surface area (Å²) in [5.74, 6) is -1.87. The largest absolute Gasteiger partial charge is 0.490 e. The summed E-state index contributed by atoms with van der Waals surface area (Å²) in [4.78, 5) is 27.5. The minimum Gasteiger partial charge on any atom is -0.486 e. The zero-order valence-corrected chi connectivity index (χ0v) is 17.4. The topological polar surface area (TPSA) is 93.9 Å². The number of piperidine rings is 1. The Labute approximate surface area is 182 Å². The summed E-state index contributed by atoms with van der Waals surface area (Å²) in [6.45, 7) is 2.05. The Hall–Kier alpha value is -3.08. The summed E-state index contributed by atoms with van der Waals surface area (Å²) >= 11 is 0. The van der Waals surface area contributed by atoms with E-state index in [0.717, 1.165) is 43.8 Å². The van der Waals surface area contributed by atoms with Gasteiger partial charge >= 0.3 is 12.1 Å². The summed E-state index contributed by atoms with van der Waals surface area (Å²) in [6.07, 6.45) is 2.92. The van der Waals surface area contributed by atoms with Crippen molar-refractivity contribution in [3.63, 3.8) is 0 Å². The van der Waals surface area contributed by atoms with Crippen molar-refractivity contribution < 1.29 is 37.3 Å². The van der Waals surface area contributed by atoms with E-state index in [1.807, 2.05) is 47.0 Å². The van der Waals surface area contributed by atoms with Gasteiger partial charge in [0.1, 0.15) is 17.5 Å². The first-order valence-corrected chi connectivity index (χ1v) is 10.0. The second-order valence-electron chi connectivity index (χ2n) is 7.73. The number of nitrogens with zero attached hydrogens (tertiary/aromatic N) is 3. The van der Waals surface area contributed by atoms with Crippen molar-refractivity contribution >= 4 is 11.9 Å². The monoisotopic (exact) mass is 455 g/mol. The van der Waals surface area contributed by atoms with Gasteiger partial charge in [0.05, 0.1) is 18.4 Å². The molecule has 4 heterocycles. The Bertz CT molecular complexity index is 924. The van der Waals surface area contributed by atoms with Crippen LogP contribution in [0.2, 0.25) is 0 Å². The molecular weight excluding hydrogens is 431 g/mol. The highest BCUT2D eigenvalue weighted by Gasteiger charge is 2.44. The van der Waals surface area contributed by atoms with Crippen molar-refractivity contribution in [2.24, 2.45) is 7.05 Å². The normalized spacial score (nSPS) is 19.9. The fraction of sp³-hybridized carbons (Fsp3) is 0.476.